The van der Waals surface area contributed by atoms with Crippen molar-refractivity contribution in [2.45, 2.75) is 19.4 Å². The molecular formula is C24H21ClN2O3. The van der Waals surface area contributed by atoms with Crippen LogP contribution in [0.5, 0.6) is 5.75 Å². The molecule has 152 valence electrons. The van der Waals surface area contributed by atoms with Crippen LogP contribution in [0.4, 0.5) is 0 Å². The van der Waals surface area contributed by atoms with E-state index < -0.39 is 0 Å². The summed E-state index contributed by atoms with van der Waals surface area (Å²) in [6.07, 6.45) is 7.72. The molecule has 0 radical (unpaired) electrons. The zero-order chi connectivity index (χ0) is 20.7. The normalized spacial score (nSPS) is 27.2. The first-order valence-electron chi connectivity index (χ1n) is 10.2. The van der Waals surface area contributed by atoms with E-state index in [9.17, 15) is 9.59 Å². The van der Waals surface area contributed by atoms with Crippen LogP contribution in [0.1, 0.15) is 24.0 Å². The lowest BCUT2D eigenvalue weighted by Crippen LogP contribution is -2.38. The highest BCUT2D eigenvalue weighted by atomic mass is 35.5. The summed E-state index contributed by atoms with van der Waals surface area (Å²) in [4.78, 5) is 25.7. The molecule has 4 atom stereocenters. The number of hydrazone groups is 1. The van der Waals surface area contributed by atoms with E-state index in [4.69, 9.17) is 16.3 Å². The summed E-state index contributed by atoms with van der Waals surface area (Å²) in [5.41, 5.74) is 1.78. The Bertz CT molecular complexity index is 1010. The van der Waals surface area contributed by atoms with Gasteiger partial charge in [0.25, 0.3) is 11.8 Å². The van der Waals surface area contributed by atoms with E-state index in [1.165, 1.54) is 0 Å². The second kappa shape index (κ2) is 7.73. The van der Waals surface area contributed by atoms with Gasteiger partial charge in [-0.25, -0.2) is 0 Å². The number of rotatable bonds is 5. The first-order valence-corrected chi connectivity index (χ1v) is 10.6. The molecule has 2 bridgehead atoms. The van der Waals surface area contributed by atoms with E-state index in [0.29, 0.717) is 17.4 Å². The van der Waals surface area contributed by atoms with Crippen LogP contribution in [-0.4, -0.2) is 23.0 Å². The van der Waals surface area contributed by atoms with Crippen LogP contribution in [0.25, 0.3) is 0 Å². The summed E-state index contributed by atoms with van der Waals surface area (Å²) >= 11 is 5.91. The number of benzene rings is 2. The molecule has 2 amide bonds. The maximum absolute atomic E-state index is 12.8. The summed E-state index contributed by atoms with van der Waals surface area (Å²) in [7, 11) is 0. The molecule has 0 unspecified atom stereocenters. The maximum Gasteiger partial charge on any atom is 0.254 e. The van der Waals surface area contributed by atoms with Crippen molar-refractivity contribution in [2.75, 3.05) is 0 Å². The number of allylic oxidation sites excluding steroid dienone is 2. The molecule has 1 heterocycles. The van der Waals surface area contributed by atoms with Crippen LogP contribution in [0, 0.1) is 23.7 Å². The Morgan fingerprint density at radius 1 is 1.00 bits per heavy atom. The van der Waals surface area contributed by atoms with Gasteiger partial charge in [0, 0.05) is 5.02 Å². The topological polar surface area (TPSA) is 59.0 Å². The van der Waals surface area contributed by atoms with E-state index in [2.05, 4.69) is 17.3 Å². The van der Waals surface area contributed by atoms with Crippen molar-refractivity contribution in [3.63, 3.8) is 0 Å². The van der Waals surface area contributed by atoms with Gasteiger partial charge >= 0.3 is 0 Å². The molecule has 0 aromatic heterocycles. The fourth-order valence-corrected chi connectivity index (χ4v) is 4.85. The molecule has 4 aliphatic rings. The van der Waals surface area contributed by atoms with Gasteiger partial charge in [0.15, 0.2) is 0 Å². The minimum absolute atomic E-state index is 0.168. The van der Waals surface area contributed by atoms with Gasteiger partial charge < -0.3 is 4.74 Å². The van der Waals surface area contributed by atoms with Gasteiger partial charge in [-0.2, -0.15) is 10.1 Å². The Morgan fingerprint density at radius 2 is 1.67 bits per heavy atom. The molecule has 30 heavy (non-hydrogen) atoms. The molecule has 3 aliphatic carbocycles. The summed E-state index contributed by atoms with van der Waals surface area (Å²) in [5.74, 6) is 0.192. The fraction of sp³-hybridized carbons (Fsp3) is 0.292. The van der Waals surface area contributed by atoms with Crippen LogP contribution < -0.4 is 4.74 Å². The summed E-state index contributed by atoms with van der Waals surface area (Å²) in [6, 6.07) is 14.9. The second-order valence-corrected chi connectivity index (χ2v) is 8.50. The third-order valence-electron chi connectivity index (χ3n) is 6.24. The Kier molecular flexibility index (Phi) is 4.91. The average Bonchev–Trinajstić information content (AvgIpc) is 3.05. The molecule has 1 aliphatic heterocycles. The smallest absolute Gasteiger partial charge is 0.254 e. The number of imide groups is 1. The fourth-order valence-electron chi connectivity index (χ4n) is 4.73. The molecule has 2 aromatic carbocycles. The predicted molar refractivity (Wildman–Crippen MR) is 114 cm³/mol. The van der Waals surface area contributed by atoms with Gasteiger partial charge in [0.2, 0.25) is 0 Å². The Hall–Kier alpha value is -2.92. The largest absolute Gasteiger partial charge is 0.489 e. The number of hydrogen-bond acceptors (Lipinski definition) is 4. The minimum Gasteiger partial charge on any atom is -0.489 e. The van der Waals surface area contributed by atoms with Crippen molar-refractivity contribution in [3.05, 3.63) is 76.8 Å². The van der Waals surface area contributed by atoms with Crippen molar-refractivity contribution >= 4 is 29.6 Å². The highest BCUT2D eigenvalue weighted by Gasteiger charge is 2.56. The second-order valence-electron chi connectivity index (χ2n) is 8.06. The molecule has 6 heteroatoms. The number of nitrogens with zero attached hydrogens (tertiary/aromatic N) is 2. The Labute approximate surface area is 180 Å². The number of fused-ring (bicyclic) bond motifs is 1. The van der Waals surface area contributed by atoms with Crippen LogP contribution in [-0.2, 0) is 16.2 Å². The molecule has 0 N–H and O–H groups in total. The van der Waals surface area contributed by atoms with Gasteiger partial charge in [0.1, 0.15) is 12.4 Å². The monoisotopic (exact) mass is 420 g/mol. The summed E-state index contributed by atoms with van der Waals surface area (Å²) in [5, 5.41) is 6.02. The first kappa shape index (κ1) is 19.1. The van der Waals surface area contributed by atoms with Crippen molar-refractivity contribution in [3.8, 4) is 5.75 Å². The number of carbonyl (C=O) groups excluding carboxylic acids is 2. The SMILES string of the molecule is O=C1[C@@H]2[C@H](C(=O)N1/N=C\c1cccc(OCc3ccc(Cl)cc3)c1)[C@@H]1C=C[C@@H]2CC1. The van der Waals surface area contributed by atoms with Crippen molar-refractivity contribution in [2.24, 2.45) is 28.8 Å². The Morgan fingerprint density at radius 3 is 2.30 bits per heavy atom. The lowest BCUT2D eigenvalue weighted by Gasteiger charge is -2.37. The van der Waals surface area contributed by atoms with Gasteiger partial charge in [-0.1, -0.05) is 48.0 Å². The molecule has 5 nitrogen and oxygen atoms in total. The van der Waals surface area contributed by atoms with E-state index in [0.717, 1.165) is 29.0 Å². The maximum atomic E-state index is 12.8. The van der Waals surface area contributed by atoms with Crippen molar-refractivity contribution < 1.29 is 14.3 Å². The first-order chi connectivity index (χ1) is 14.6. The van der Waals surface area contributed by atoms with Crippen molar-refractivity contribution in [1.29, 1.82) is 0 Å². The van der Waals surface area contributed by atoms with Crippen molar-refractivity contribution in [1.82, 2.24) is 5.01 Å². The van der Waals surface area contributed by atoms with Gasteiger partial charge in [-0.3, -0.25) is 9.59 Å². The zero-order valence-electron chi connectivity index (χ0n) is 16.3. The van der Waals surface area contributed by atoms with E-state index in [1.807, 2.05) is 48.5 Å². The lowest BCUT2D eigenvalue weighted by atomic mass is 9.63. The van der Waals surface area contributed by atoms with Crippen LogP contribution in [0.2, 0.25) is 5.02 Å². The molecule has 1 saturated carbocycles. The Balaban J connectivity index is 1.28. The van der Waals surface area contributed by atoms with Crippen LogP contribution in [0.15, 0.2) is 65.8 Å². The number of hydrogen-bond donors (Lipinski definition) is 0. The van der Waals surface area contributed by atoms with E-state index in [-0.39, 0.29) is 35.5 Å². The summed E-state index contributed by atoms with van der Waals surface area (Å²) in [6.45, 7) is 0.417. The highest BCUT2D eigenvalue weighted by molar-refractivity contribution is 6.30. The van der Waals surface area contributed by atoms with E-state index >= 15 is 0 Å². The molecule has 2 aromatic rings. The quantitative estimate of drug-likeness (QED) is 0.408. The highest BCUT2D eigenvalue weighted by Crippen LogP contribution is 2.49. The molecule has 1 saturated heterocycles. The third-order valence-corrected chi connectivity index (χ3v) is 6.49. The molecular weight excluding hydrogens is 400 g/mol. The lowest BCUT2D eigenvalue weighted by molar-refractivity contribution is -0.140. The molecule has 6 rings (SSSR count). The predicted octanol–water partition coefficient (Wildman–Crippen LogP) is 4.45. The van der Waals surface area contributed by atoms with Gasteiger partial charge in [-0.05, 0) is 60.1 Å². The number of ether oxygens (including phenoxy) is 1. The van der Waals surface area contributed by atoms with Crippen LogP contribution in [0.3, 0.4) is 0 Å². The average molecular weight is 421 g/mol. The standard InChI is InChI=1S/C24H21ClN2O3/c25-19-10-4-15(5-11-19)14-30-20-3-1-2-16(12-20)13-26-27-23(28)21-17-6-7-18(9-8-17)22(21)24(27)29/h1-7,10-13,17-18,21-22H,8-9,14H2/b26-13-/t17-,18-,21-,22+/m1/s1. The summed E-state index contributed by atoms with van der Waals surface area (Å²) < 4.78 is 5.84. The van der Waals surface area contributed by atoms with Gasteiger partial charge in [-0.15, -0.1) is 0 Å². The number of carbonyl (C=O) groups is 2. The van der Waals surface area contributed by atoms with E-state index in [1.54, 1.807) is 6.21 Å². The zero-order valence-corrected chi connectivity index (χ0v) is 17.0. The third kappa shape index (κ3) is 3.43. The molecule has 2 fully saturated rings. The molecule has 0 spiro atoms. The minimum atomic E-state index is -0.243. The number of halogens is 1. The van der Waals surface area contributed by atoms with Gasteiger partial charge in [0.05, 0.1) is 18.1 Å². The number of amides is 2. The van der Waals surface area contributed by atoms with Crippen LogP contribution >= 0.6 is 11.6 Å².